The lowest BCUT2D eigenvalue weighted by atomic mass is 10.3. The van der Waals surface area contributed by atoms with Gasteiger partial charge < -0.3 is 25.6 Å². The molecular formula is C13H18N4O3. The van der Waals surface area contributed by atoms with Crippen LogP contribution in [0.15, 0.2) is 24.3 Å². The fourth-order valence-electron chi connectivity index (χ4n) is 1.88. The van der Waals surface area contributed by atoms with Crippen LogP contribution in [-0.4, -0.2) is 50.3 Å². The lowest BCUT2D eigenvalue weighted by Crippen LogP contribution is -2.38. The van der Waals surface area contributed by atoms with E-state index < -0.39 is 0 Å². The van der Waals surface area contributed by atoms with E-state index in [1.54, 1.807) is 36.3 Å². The molecule has 2 rings (SSSR count). The molecule has 0 saturated carbocycles. The summed E-state index contributed by atoms with van der Waals surface area (Å²) in [5, 5.41) is 8.11. The van der Waals surface area contributed by atoms with Gasteiger partial charge in [-0.05, 0) is 24.3 Å². The zero-order chi connectivity index (χ0) is 14.4. The summed E-state index contributed by atoms with van der Waals surface area (Å²) in [6.07, 6.45) is 0. The van der Waals surface area contributed by atoms with Gasteiger partial charge in [0.25, 0.3) is 0 Å². The van der Waals surface area contributed by atoms with Crippen molar-refractivity contribution in [2.24, 2.45) is 0 Å². The molecule has 0 spiro atoms. The first-order chi connectivity index (χ1) is 9.69. The predicted molar refractivity (Wildman–Crippen MR) is 75.0 cm³/mol. The lowest BCUT2D eigenvalue weighted by molar-refractivity contribution is 0.216. The predicted octanol–water partition coefficient (Wildman–Crippen LogP) is 0.842. The number of urea groups is 2. The third kappa shape index (κ3) is 3.78. The summed E-state index contributed by atoms with van der Waals surface area (Å²) in [4.78, 5) is 24.6. The van der Waals surface area contributed by atoms with Crippen molar-refractivity contribution < 1.29 is 14.3 Å². The molecule has 7 heteroatoms. The van der Waals surface area contributed by atoms with Crippen molar-refractivity contribution >= 4 is 17.7 Å². The minimum Gasteiger partial charge on any atom is -0.497 e. The Morgan fingerprint density at radius 3 is 2.75 bits per heavy atom. The zero-order valence-electron chi connectivity index (χ0n) is 11.3. The summed E-state index contributed by atoms with van der Waals surface area (Å²) in [6, 6.07) is 6.67. The maximum absolute atomic E-state index is 11.6. The van der Waals surface area contributed by atoms with E-state index >= 15 is 0 Å². The van der Waals surface area contributed by atoms with Crippen LogP contribution in [-0.2, 0) is 0 Å². The minimum absolute atomic E-state index is 0.0811. The van der Waals surface area contributed by atoms with E-state index in [4.69, 9.17) is 4.74 Å². The van der Waals surface area contributed by atoms with Crippen molar-refractivity contribution in [2.45, 2.75) is 0 Å². The standard InChI is InChI=1S/C13H18N4O3/c1-20-11-4-2-10(3-5-11)16-12(18)14-6-8-17-9-7-15-13(17)19/h2-5H,6-9H2,1H3,(H,15,19)(H2,14,16,18). The summed E-state index contributed by atoms with van der Waals surface area (Å²) in [5.74, 6) is 0.732. The number of rotatable bonds is 5. The van der Waals surface area contributed by atoms with Gasteiger partial charge in [-0.25, -0.2) is 9.59 Å². The van der Waals surface area contributed by atoms with Crippen LogP contribution in [0.1, 0.15) is 0 Å². The van der Waals surface area contributed by atoms with Crippen LogP contribution in [0, 0.1) is 0 Å². The second kappa shape index (κ2) is 6.65. The van der Waals surface area contributed by atoms with Gasteiger partial charge in [0.15, 0.2) is 0 Å². The smallest absolute Gasteiger partial charge is 0.319 e. The van der Waals surface area contributed by atoms with Gasteiger partial charge in [0.1, 0.15) is 5.75 Å². The van der Waals surface area contributed by atoms with Crippen molar-refractivity contribution in [3.8, 4) is 5.75 Å². The molecule has 108 valence electrons. The Hall–Kier alpha value is -2.44. The van der Waals surface area contributed by atoms with Crippen molar-refractivity contribution in [2.75, 3.05) is 38.6 Å². The molecule has 0 unspecified atom stereocenters. The van der Waals surface area contributed by atoms with Crippen LogP contribution >= 0.6 is 0 Å². The SMILES string of the molecule is COc1ccc(NC(=O)NCCN2CCNC2=O)cc1. The average molecular weight is 278 g/mol. The van der Waals surface area contributed by atoms with Gasteiger partial charge in [0, 0.05) is 31.9 Å². The van der Waals surface area contributed by atoms with Crippen LogP contribution in [0.5, 0.6) is 5.75 Å². The molecule has 1 aromatic carbocycles. The van der Waals surface area contributed by atoms with E-state index in [1.165, 1.54) is 0 Å². The van der Waals surface area contributed by atoms with Gasteiger partial charge in [0.2, 0.25) is 0 Å². The molecule has 7 nitrogen and oxygen atoms in total. The number of nitrogens with one attached hydrogen (secondary N) is 3. The van der Waals surface area contributed by atoms with Crippen molar-refractivity contribution in [3.63, 3.8) is 0 Å². The first-order valence-electron chi connectivity index (χ1n) is 6.41. The number of anilines is 1. The molecule has 1 fully saturated rings. The molecule has 0 aromatic heterocycles. The van der Waals surface area contributed by atoms with Gasteiger partial charge in [-0.1, -0.05) is 0 Å². The Morgan fingerprint density at radius 2 is 2.15 bits per heavy atom. The molecule has 0 radical (unpaired) electrons. The van der Waals surface area contributed by atoms with Gasteiger partial charge in [0.05, 0.1) is 7.11 Å². The second-order valence-corrected chi connectivity index (χ2v) is 4.33. The Bertz CT molecular complexity index is 475. The quantitative estimate of drug-likeness (QED) is 0.746. The summed E-state index contributed by atoms with van der Waals surface area (Å²) >= 11 is 0. The Kier molecular flexibility index (Phi) is 4.65. The highest BCUT2D eigenvalue weighted by Crippen LogP contribution is 2.14. The third-order valence-corrected chi connectivity index (χ3v) is 2.96. The molecular weight excluding hydrogens is 260 g/mol. The maximum atomic E-state index is 11.6. The topological polar surface area (TPSA) is 82.7 Å². The number of methoxy groups -OCH3 is 1. The summed E-state index contributed by atoms with van der Waals surface area (Å²) in [5.41, 5.74) is 0.683. The van der Waals surface area contributed by atoms with Gasteiger partial charge in [-0.15, -0.1) is 0 Å². The fourth-order valence-corrected chi connectivity index (χ4v) is 1.88. The van der Waals surface area contributed by atoms with E-state index in [-0.39, 0.29) is 12.1 Å². The Morgan fingerprint density at radius 1 is 1.40 bits per heavy atom. The van der Waals surface area contributed by atoms with Crippen LogP contribution in [0.2, 0.25) is 0 Å². The molecule has 3 N–H and O–H groups in total. The molecule has 1 aliphatic rings. The number of carbonyl (C=O) groups is 2. The summed E-state index contributed by atoms with van der Waals surface area (Å²) in [7, 11) is 1.59. The highest BCUT2D eigenvalue weighted by atomic mass is 16.5. The van der Waals surface area contributed by atoms with E-state index in [1.807, 2.05) is 0 Å². The first-order valence-corrected chi connectivity index (χ1v) is 6.41. The number of benzene rings is 1. The number of nitrogens with zero attached hydrogens (tertiary/aromatic N) is 1. The molecule has 1 aromatic rings. The normalized spacial score (nSPS) is 13.8. The Labute approximate surface area is 117 Å². The second-order valence-electron chi connectivity index (χ2n) is 4.33. The molecule has 4 amide bonds. The Balaban J connectivity index is 1.70. The molecule has 0 atom stereocenters. The number of ether oxygens (including phenoxy) is 1. The number of amides is 4. The number of carbonyl (C=O) groups excluding carboxylic acids is 2. The first kappa shape index (κ1) is 14.0. The van der Waals surface area contributed by atoms with Crippen LogP contribution < -0.4 is 20.7 Å². The van der Waals surface area contributed by atoms with E-state index in [0.29, 0.717) is 31.9 Å². The van der Waals surface area contributed by atoms with Gasteiger partial charge in [-0.3, -0.25) is 0 Å². The lowest BCUT2D eigenvalue weighted by Gasteiger charge is -2.14. The maximum Gasteiger partial charge on any atom is 0.319 e. The highest BCUT2D eigenvalue weighted by Gasteiger charge is 2.18. The molecule has 1 saturated heterocycles. The molecule has 1 aliphatic heterocycles. The average Bonchev–Trinajstić information content (AvgIpc) is 2.85. The van der Waals surface area contributed by atoms with Gasteiger partial charge >= 0.3 is 12.1 Å². The molecule has 20 heavy (non-hydrogen) atoms. The monoisotopic (exact) mass is 278 g/mol. The van der Waals surface area contributed by atoms with Crippen molar-refractivity contribution in [3.05, 3.63) is 24.3 Å². The van der Waals surface area contributed by atoms with E-state index in [9.17, 15) is 9.59 Å². The van der Waals surface area contributed by atoms with Crippen molar-refractivity contribution in [1.29, 1.82) is 0 Å². The van der Waals surface area contributed by atoms with Crippen molar-refractivity contribution in [1.82, 2.24) is 15.5 Å². The number of hydrogen-bond donors (Lipinski definition) is 3. The zero-order valence-corrected chi connectivity index (χ0v) is 11.3. The molecule has 1 heterocycles. The highest BCUT2D eigenvalue weighted by molar-refractivity contribution is 5.89. The van der Waals surface area contributed by atoms with Crippen LogP contribution in [0.4, 0.5) is 15.3 Å². The molecule has 0 bridgehead atoms. The largest absolute Gasteiger partial charge is 0.497 e. The minimum atomic E-state index is -0.297. The fraction of sp³-hybridized carbons (Fsp3) is 0.385. The summed E-state index contributed by atoms with van der Waals surface area (Å²) in [6.45, 7) is 2.26. The third-order valence-electron chi connectivity index (χ3n) is 2.96. The van der Waals surface area contributed by atoms with E-state index in [2.05, 4.69) is 16.0 Å². The molecule has 0 aliphatic carbocycles. The van der Waals surface area contributed by atoms with Crippen LogP contribution in [0.3, 0.4) is 0 Å². The number of hydrogen-bond acceptors (Lipinski definition) is 3. The van der Waals surface area contributed by atoms with Gasteiger partial charge in [-0.2, -0.15) is 0 Å². The summed E-state index contributed by atoms with van der Waals surface area (Å²) < 4.78 is 5.03. The van der Waals surface area contributed by atoms with Crippen LogP contribution in [0.25, 0.3) is 0 Å². The van der Waals surface area contributed by atoms with E-state index in [0.717, 1.165) is 5.75 Å².